The van der Waals surface area contributed by atoms with Crippen molar-refractivity contribution >= 4 is 17.6 Å². The summed E-state index contributed by atoms with van der Waals surface area (Å²) >= 11 is 0. The molecule has 5 heteroatoms. The molecule has 110 valence electrons. The van der Waals surface area contributed by atoms with Crippen LogP contribution in [0.4, 0.5) is 10.1 Å². The first-order chi connectivity index (χ1) is 9.18. The summed E-state index contributed by atoms with van der Waals surface area (Å²) in [5.41, 5.74) is -0.585. The molecule has 0 bridgehead atoms. The SMILES string of the molecule is CC(C)C(C)(CC(=O)N(C)c1ccc(F)cc1)C(=O)O. The molecule has 0 spiro atoms. The minimum atomic E-state index is -1.12. The minimum absolute atomic E-state index is 0.103. The Bertz CT molecular complexity index is 498. The minimum Gasteiger partial charge on any atom is -0.481 e. The van der Waals surface area contributed by atoms with Gasteiger partial charge in [-0.15, -0.1) is 0 Å². The molecule has 0 aliphatic carbocycles. The number of carbonyl (C=O) groups is 2. The number of amides is 1. The third-order valence-electron chi connectivity index (χ3n) is 3.87. The van der Waals surface area contributed by atoms with Gasteiger partial charge in [0.15, 0.2) is 0 Å². The van der Waals surface area contributed by atoms with Gasteiger partial charge < -0.3 is 10.0 Å². The molecule has 1 amide bonds. The predicted molar refractivity (Wildman–Crippen MR) is 75.0 cm³/mol. The van der Waals surface area contributed by atoms with Crippen LogP contribution in [0.2, 0.25) is 0 Å². The van der Waals surface area contributed by atoms with E-state index in [1.54, 1.807) is 27.8 Å². The van der Waals surface area contributed by atoms with Crippen molar-refractivity contribution in [2.75, 3.05) is 11.9 Å². The van der Waals surface area contributed by atoms with Crippen LogP contribution in [0.1, 0.15) is 27.2 Å². The van der Waals surface area contributed by atoms with Crippen LogP contribution in [0.25, 0.3) is 0 Å². The van der Waals surface area contributed by atoms with Crippen LogP contribution in [-0.2, 0) is 9.59 Å². The molecule has 0 radical (unpaired) electrons. The fourth-order valence-corrected chi connectivity index (χ4v) is 1.77. The summed E-state index contributed by atoms with van der Waals surface area (Å²) in [6.07, 6.45) is -0.103. The van der Waals surface area contributed by atoms with Crippen molar-refractivity contribution in [3.8, 4) is 0 Å². The number of carboxylic acid groups (broad SMARTS) is 1. The van der Waals surface area contributed by atoms with Crippen LogP contribution >= 0.6 is 0 Å². The van der Waals surface area contributed by atoms with Crippen molar-refractivity contribution in [1.29, 1.82) is 0 Å². The van der Waals surface area contributed by atoms with Gasteiger partial charge in [-0.05, 0) is 37.1 Å². The zero-order chi connectivity index (χ0) is 15.5. The average Bonchev–Trinajstić information content (AvgIpc) is 2.38. The molecule has 1 rings (SSSR count). The van der Waals surface area contributed by atoms with Gasteiger partial charge >= 0.3 is 5.97 Å². The fraction of sp³-hybridized carbons (Fsp3) is 0.467. The first-order valence-corrected chi connectivity index (χ1v) is 6.44. The summed E-state index contributed by atoms with van der Waals surface area (Å²) in [6, 6.07) is 5.50. The number of benzene rings is 1. The number of halogens is 1. The molecule has 0 heterocycles. The van der Waals surface area contributed by atoms with Gasteiger partial charge in [-0.1, -0.05) is 13.8 Å². The van der Waals surface area contributed by atoms with Gasteiger partial charge in [-0.25, -0.2) is 4.39 Å². The molecule has 20 heavy (non-hydrogen) atoms. The molecular formula is C15H20FNO3. The summed E-state index contributed by atoms with van der Waals surface area (Å²) in [5, 5.41) is 9.32. The van der Waals surface area contributed by atoms with Gasteiger partial charge in [-0.3, -0.25) is 9.59 Å². The standard InChI is InChI=1S/C15H20FNO3/c1-10(2)15(3,14(19)20)9-13(18)17(4)12-7-5-11(16)6-8-12/h5-8,10H,9H2,1-4H3,(H,19,20). The number of nitrogens with zero attached hydrogens (tertiary/aromatic N) is 1. The molecule has 0 fully saturated rings. The maximum atomic E-state index is 12.9. The Hall–Kier alpha value is -1.91. The van der Waals surface area contributed by atoms with Gasteiger partial charge in [0.2, 0.25) is 5.91 Å². The van der Waals surface area contributed by atoms with E-state index in [4.69, 9.17) is 0 Å². The van der Waals surface area contributed by atoms with Crippen LogP contribution in [0.15, 0.2) is 24.3 Å². The Labute approximate surface area is 118 Å². The molecular weight excluding hydrogens is 261 g/mol. The van der Waals surface area contributed by atoms with E-state index in [9.17, 15) is 19.1 Å². The Kier molecular flexibility index (Phi) is 4.87. The van der Waals surface area contributed by atoms with E-state index in [1.807, 2.05) is 0 Å². The summed E-state index contributed by atoms with van der Waals surface area (Å²) < 4.78 is 12.9. The van der Waals surface area contributed by atoms with Crippen LogP contribution in [0.5, 0.6) is 0 Å². The molecule has 1 aromatic carbocycles. The van der Waals surface area contributed by atoms with Crippen LogP contribution < -0.4 is 4.90 Å². The smallest absolute Gasteiger partial charge is 0.310 e. The van der Waals surface area contributed by atoms with E-state index in [1.165, 1.54) is 29.2 Å². The van der Waals surface area contributed by atoms with E-state index in [0.717, 1.165) is 0 Å². The molecule has 4 nitrogen and oxygen atoms in total. The Morgan fingerprint density at radius 1 is 1.30 bits per heavy atom. The Morgan fingerprint density at radius 2 is 1.80 bits per heavy atom. The fourth-order valence-electron chi connectivity index (χ4n) is 1.77. The second kappa shape index (κ2) is 6.03. The number of carbonyl (C=O) groups excluding carboxylic acids is 1. The van der Waals surface area contributed by atoms with Crippen LogP contribution in [-0.4, -0.2) is 24.0 Å². The second-order valence-corrected chi connectivity index (χ2v) is 5.48. The lowest BCUT2D eigenvalue weighted by Gasteiger charge is -2.30. The van der Waals surface area contributed by atoms with Crippen molar-refractivity contribution < 1.29 is 19.1 Å². The maximum Gasteiger partial charge on any atom is 0.310 e. The highest BCUT2D eigenvalue weighted by Gasteiger charge is 2.39. The highest BCUT2D eigenvalue weighted by atomic mass is 19.1. The topological polar surface area (TPSA) is 57.6 Å². The lowest BCUT2D eigenvalue weighted by atomic mass is 9.76. The van der Waals surface area contributed by atoms with Crippen molar-refractivity contribution in [2.45, 2.75) is 27.2 Å². The molecule has 1 N–H and O–H groups in total. The van der Waals surface area contributed by atoms with Crippen molar-refractivity contribution in [2.24, 2.45) is 11.3 Å². The summed E-state index contributed by atoms with van der Waals surface area (Å²) in [7, 11) is 1.55. The van der Waals surface area contributed by atoms with Gasteiger partial charge in [0.05, 0.1) is 5.41 Å². The van der Waals surface area contributed by atoms with Crippen molar-refractivity contribution in [3.63, 3.8) is 0 Å². The lowest BCUT2D eigenvalue weighted by molar-refractivity contribution is -0.153. The predicted octanol–water partition coefficient (Wildman–Crippen LogP) is 2.93. The molecule has 1 aromatic rings. The highest BCUT2D eigenvalue weighted by Crippen LogP contribution is 2.32. The molecule has 0 aliphatic rings. The van der Waals surface area contributed by atoms with Gasteiger partial charge in [0.1, 0.15) is 5.82 Å². The molecule has 1 unspecified atom stereocenters. The third-order valence-corrected chi connectivity index (χ3v) is 3.87. The van der Waals surface area contributed by atoms with E-state index < -0.39 is 11.4 Å². The number of aliphatic carboxylic acids is 1. The summed E-state index contributed by atoms with van der Waals surface area (Å²) in [6.45, 7) is 5.12. The highest BCUT2D eigenvalue weighted by molar-refractivity contribution is 5.95. The number of hydrogen-bond acceptors (Lipinski definition) is 2. The number of hydrogen-bond donors (Lipinski definition) is 1. The number of carboxylic acids is 1. The maximum absolute atomic E-state index is 12.9. The Balaban J connectivity index is 2.89. The van der Waals surface area contributed by atoms with E-state index in [2.05, 4.69) is 0 Å². The monoisotopic (exact) mass is 281 g/mol. The van der Waals surface area contributed by atoms with Gasteiger partial charge in [0, 0.05) is 19.2 Å². The molecule has 0 saturated heterocycles. The normalized spacial score (nSPS) is 13.9. The third kappa shape index (κ3) is 3.35. The van der Waals surface area contributed by atoms with E-state index in [-0.39, 0.29) is 24.1 Å². The van der Waals surface area contributed by atoms with Crippen molar-refractivity contribution in [1.82, 2.24) is 0 Å². The zero-order valence-electron chi connectivity index (χ0n) is 12.2. The van der Waals surface area contributed by atoms with Gasteiger partial charge in [-0.2, -0.15) is 0 Å². The van der Waals surface area contributed by atoms with E-state index >= 15 is 0 Å². The first kappa shape index (κ1) is 16.1. The molecule has 1 atom stereocenters. The van der Waals surface area contributed by atoms with E-state index in [0.29, 0.717) is 5.69 Å². The van der Waals surface area contributed by atoms with Crippen molar-refractivity contribution in [3.05, 3.63) is 30.1 Å². The lowest BCUT2D eigenvalue weighted by Crippen LogP contribution is -2.39. The average molecular weight is 281 g/mol. The molecule has 0 saturated carbocycles. The van der Waals surface area contributed by atoms with Crippen LogP contribution in [0.3, 0.4) is 0 Å². The summed E-state index contributed by atoms with van der Waals surface area (Å²) in [5.74, 6) is -1.86. The quantitative estimate of drug-likeness (QED) is 0.902. The number of rotatable bonds is 5. The second-order valence-electron chi connectivity index (χ2n) is 5.48. The largest absolute Gasteiger partial charge is 0.481 e. The summed E-state index contributed by atoms with van der Waals surface area (Å²) in [4.78, 5) is 25.0. The van der Waals surface area contributed by atoms with Gasteiger partial charge in [0.25, 0.3) is 0 Å². The van der Waals surface area contributed by atoms with Crippen LogP contribution in [0, 0.1) is 17.2 Å². The zero-order valence-corrected chi connectivity index (χ0v) is 12.2. The first-order valence-electron chi connectivity index (χ1n) is 6.44. The molecule has 0 aromatic heterocycles. The number of anilines is 1. The molecule has 0 aliphatic heterocycles. The Morgan fingerprint density at radius 3 is 2.20 bits per heavy atom.